The number of rotatable bonds is 4. The van der Waals surface area contributed by atoms with Crippen molar-refractivity contribution in [2.75, 3.05) is 0 Å². The Kier molecular flexibility index (Phi) is 2.98. The summed E-state index contributed by atoms with van der Waals surface area (Å²) in [6.07, 6.45) is 2.44. The van der Waals surface area contributed by atoms with Gasteiger partial charge in [-0.05, 0) is 43.0 Å². The molecular weight excluding hydrogens is 242 g/mol. The number of aromatic nitrogens is 4. The fourth-order valence-electron chi connectivity index (χ4n) is 2.06. The highest BCUT2D eigenvalue weighted by molar-refractivity contribution is 5.94. The number of H-pyrrole nitrogens is 1. The lowest BCUT2D eigenvalue weighted by Gasteiger charge is -2.12. The van der Waals surface area contributed by atoms with Crippen LogP contribution in [0.3, 0.4) is 0 Å². The summed E-state index contributed by atoms with van der Waals surface area (Å²) < 4.78 is 0. The molecule has 0 unspecified atom stereocenters. The standard InChI is InChI=1S/C13H15N5O/c1-8(9-2-3-9)14-13(19)11-6-4-10(5-7-11)12-15-17-18-16-12/h4-9H,2-3H2,1H3,(H,14,19)(H,15,16,17,18)/t8-/m0/s1. The zero-order valence-electron chi connectivity index (χ0n) is 10.6. The summed E-state index contributed by atoms with van der Waals surface area (Å²) in [7, 11) is 0. The molecule has 19 heavy (non-hydrogen) atoms. The SMILES string of the molecule is C[C@H](NC(=O)c1ccc(-c2nn[nH]n2)cc1)C1CC1. The lowest BCUT2D eigenvalue weighted by atomic mass is 10.1. The molecule has 98 valence electrons. The van der Waals surface area contributed by atoms with Gasteiger partial charge < -0.3 is 5.32 Å². The molecule has 1 heterocycles. The van der Waals surface area contributed by atoms with Crippen LogP contribution in [0.15, 0.2) is 24.3 Å². The number of carbonyl (C=O) groups excluding carboxylic acids is 1. The maximum atomic E-state index is 12.0. The van der Waals surface area contributed by atoms with E-state index in [0.717, 1.165) is 5.56 Å². The molecule has 3 rings (SSSR count). The number of hydrogen-bond donors (Lipinski definition) is 2. The summed E-state index contributed by atoms with van der Waals surface area (Å²) >= 11 is 0. The summed E-state index contributed by atoms with van der Waals surface area (Å²) in [5, 5.41) is 16.7. The largest absolute Gasteiger partial charge is 0.349 e. The van der Waals surface area contributed by atoms with Crippen LogP contribution >= 0.6 is 0 Å². The van der Waals surface area contributed by atoms with Crippen LogP contribution in [-0.4, -0.2) is 32.6 Å². The Morgan fingerprint density at radius 1 is 1.37 bits per heavy atom. The number of hydrogen-bond acceptors (Lipinski definition) is 4. The number of carbonyl (C=O) groups is 1. The van der Waals surface area contributed by atoms with Crippen molar-refractivity contribution in [2.45, 2.75) is 25.8 Å². The Labute approximate surface area is 110 Å². The minimum atomic E-state index is -0.0286. The first-order valence-corrected chi connectivity index (χ1v) is 6.39. The third-order valence-electron chi connectivity index (χ3n) is 3.44. The molecule has 1 fully saturated rings. The highest BCUT2D eigenvalue weighted by atomic mass is 16.1. The molecule has 1 aliphatic carbocycles. The molecule has 6 heteroatoms. The quantitative estimate of drug-likeness (QED) is 0.867. The topological polar surface area (TPSA) is 83.6 Å². The smallest absolute Gasteiger partial charge is 0.251 e. The van der Waals surface area contributed by atoms with Crippen LogP contribution in [0.1, 0.15) is 30.1 Å². The summed E-state index contributed by atoms with van der Waals surface area (Å²) in [6.45, 7) is 2.06. The number of nitrogens with zero attached hydrogens (tertiary/aromatic N) is 3. The van der Waals surface area contributed by atoms with Gasteiger partial charge in [0, 0.05) is 17.2 Å². The van der Waals surface area contributed by atoms with Gasteiger partial charge in [-0.2, -0.15) is 5.21 Å². The van der Waals surface area contributed by atoms with Gasteiger partial charge in [-0.15, -0.1) is 10.2 Å². The van der Waals surface area contributed by atoms with E-state index in [1.165, 1.54) is 12.8 Å². The van der Waals surface area contributed by atoms with Crippen molar-refractivity contribution in [3.63, 3.8) is 0 Å². The zero-order valence-corrected chi connectivity index (χ0v) is 10.6. The Hall–Kier alpha value is -2.24. The van der Waals surface area contributed by atoms with E-state index in [4.69, 9.17) is 0 Å². The van der Waals surface area contributed by atoms with Crippen molar-refractivity contribution < 1.29 is 4.79 Å². The maximum Gasteiger partial charge on any atom is 0.251 e. The van der Waals surface area contributed by atoms with E-state index in [1.54, 1.807) is 12.1 Å². The van der Waals surface area contributed by atoms with Crippen molar-refractivity contribution in [1.29, 1.82) is 0 Å². The van der Waals surface area contributed by atoms with E-state index in [2.05, 4.69) is 32.9 Å². The molecule has 0 spiro atoms. The summed E-state index contributed by atoms with van der Waals surface area (Å²) in [4.78, 5) is 12.0. The van der Waals surface area contributed by atoms with Crippen molar-refractivity contribution in [3.8, 4) is 11.4 Å². The Morgan fingerprint density at radius 2 is 2.11 bits per heavy atom. The van der Waals surface area contributed by atoms with Gasteiger partial charge in [-0.1, -0.05) is 12.1 Å². The molecule has 2 aromatic rings. The second kappa shape index (κ2) is 4.79. The summed E-state index contributed by atoms with van der Waals surface area (Å²) in [5.74, 6) is 1.15. The minimum Gasteiger partial charge on any atom is -0.349 e. The zero-order chi connectivity index (χ0) is 13.2. The first-order valence-electron chi connectivity index (χ1n) is 6.39. The van der Waals surface area contributed by atoms with Gasteiger partial charge in [0.1, 0.15) is 0 Å². The highest BCUT2D eigenvalue weighted by Gasteiger charge is 2.29. The fourth-order valence-corrected chi connectivity index (χ4v) is 2.06. The second-order valence-electron chi connectivity index (χ2n) is 4.91. The van der Waals surface area contributed by atoms with Crippen LogP contribution in [0.4, 0.5) is 0 Å². The van der Waals surface area contributed by atoms with Crippen molar-refractivity contribution in [1.82, 2.24) is 25.9 Å². The van der Waals surface area contributed by atoms with E-state index >= 15 is 0 Å². The summed E-state index contributed by atoms with van der Waals surface area (Å²) in [5.41, 5.74) is 1.49. The molecule has 1 aromatic carbocycles. The number of nitrogens with one attached hydrogen (secondary N) is 2. The minimum absolute atomic E-state index is 0.0286. The van der Waals surface area contributed by atoms with Crippen LogP contribution in [-0.2, 0) is 0 Å². The van der Waals surface area contributed by atoms with E-state index < -0.39 is 0 Å². The average molecular weight is 257 g/mol. The Morgan fingerprint density at radius 3 is 2.68 bits per heavy atom. The molecule has 1 amide bonds. The lowest BCUT2D eigenvalue weighted by Crippen LogP contribution is -2.33. The predicted octanol–water partition coefficient (Wildman–Crippen LogP) is 1.39. The number of tetrazole rings is 1. The van der Waals surface area contributed by atoms with Gasteiger partial charge in [0.25, 0.3) is 5.91 Å². The second-order valence-corrected chi connectivity index (χ2v) is 4.91. The first-order chi connectivity index (χ1) is 9.24. The van der Waals surface area contributed by atoms with Gasteiger partial charge in [-0.3, -0.25) is 4.79 Å². The molecule has 1 aromatic heterocycles. The predicted molar refractivity (Wildman–Crippen MR) is 69.3 cm³/mol. The first kappa shape index (κ1) is 11.8. The van der Waals surface area contributed by atoms with Crippen LogP contribution in [0.2, 0.25) is 0 Å². The lowest BCUT2D eigenvalue weighted by molar-refractivity contribution is 0.0936. The normalized spacial score (nSPS) is 16.1. The number of benzene rings is 1. The molecule has 0 radical (unpaired) electrons. The third-order valence-corrected chi connectivity index (χ3v) is 3.44. The molecule has 6 nitrogen and oxygen atoms in total. The van der Waals surface area contributed by atoms with E-state index in [1.807, 2.05) is 12.1 Å². The van der Waals surface area contributed by atoms with Crippen LogP contribution in [0.5, 0.6) is 0 Å². The van der Waals surface area contributed by atoms with Gasteiger partial charge in [-0.25, -0.2) is 0 Å². The molecule has 0 bridgehead atoms. The number of amides is 1. The molecule has 0 saturated heterocycles. The third kappa shape index (κ3) is 2.62. The molecule has 1 atom stereocenters. The average Bonchev–Trinajstić information content (AvgIpc) is 3.14. The van der Waals surface area contributed by atoms with Crippen LogP contribution in [0.25, 0.3) is 11.4 Å². The molecular formula is C13H15N5O. The highest BCUT2D eigenvalue weighted by Crippen LogP contribution is 2.32. The van der Waals surface area contributed by atoms with E-state index in [0.29, 0.717) is 17.3 Å². The maximum absolute atomic E-state index is 12.0. The van der Waals surface area contributed by atoms with Gasteiger partial charge >= 0.3 is 0 Å². The number of aromatic amines is 1. The monoisotopic (exact) mass is 257 g/mol. The van der Waals surface area contributed by atoms with E-state index in [-0.39, 0.29) is 11.9 Å². The fraction of sp³-hybridized carbons (Fsp3) is 0.385. The molecule has 1 aliphatic rings. The Balaban J connectivity index is 1.69. The molecule has 1 saturated carbocycles. The van der Waals surface area contributed by atoms with Crippen LogP contribution in [0, 0.1) is 5.92 Å². The van der Waals surface area contributed by atoms with Crippen LogP contribution < -0.4 is 5.32 Å². The van der Waals surface area contributed by atoms with Gasteiger partial charge in [0.15, 0.2) is 0 Å². The van der Waals surface area contributed by atoms with Crippen molar-refractivity contribution in [3.05, 3.63) is 29.8 Å². The van der Waals surface area contributed by atoms with E-state index in [9.17, 15) is 4.79 Å². The Bertz CT molecular complexity index is 559. The molecule has 2 N–H and O–H groups in total. The van der Waals surface area contributed by atoms with Crippen molar-refractivity contribution in [2.24, 2.45) is 5.92 Å². The van der Waals surface area contributed by atoms with Gasteiger partial charge in [0.05, 0.1) is 0 Å². The summed E-state index contributed by atoms with van der Waals surface area (Å²) in [6, 6.07) is 7.45. The van der Waals surface area contributed by atoms with Gasteiger partial charge in [0.2, 0.25) is 5.82 Å². The molecule has 0 aliphatic heterocycles. The van der Waals surface area contributed by atoms with Crippen molar-refractivity contribution >= 4 is 5.91 Å².